The summed E-state index contributed by atoms with van der Waals surface area (Å²) < 4.78 is 17.0. The molecule has 3 N–H and O–H groups in total. The number of aryl methyl sites for hydroxylation is 2. The summed E-state index contributed by atoms with van der Waals surface area (Å²) in [5, 5.41) is 6.09. The first-order valence-corrected chi connectivity index (χ1v) is 22.9. The summed E-state index contributed by atoms with van der Waals surface area (Å²) in [6.07, 6.45) is 9.93. The van der Waals surface area contributed by atoms with Gasteiger partial charge in [-0.1, -0.05) is 11.6 Å². The lowest BCUT2D eigenvalue weighted by molar-refractivity contribution is -0.144. The molecule has 5 aromatic rings. The minimum absolute atomic E-state index is 0.000246. The first-order valence-electron chi connectivity index (χ1n) is 20.9. The summed E-state index contributed by atoms with van der Waals surface area (Å²) >= 11 is 9.57. The molecule has 2 amide bonds. The number of amides is 2. The average molecular weight is 873 g/mol. The van der Waals surface area contributed by atoms with Crippen molar-refractivity contribution in [3.63, 3.8) is 0 Å². The lowest BCUT2D eigenvalue weighted by Gasteiger charge is -2.36. The third-order valence-corrected chi connectivity index (χ3v) is 14.7. The molecule has 4 aromatic heterocycles. The minimum Gasteiger partial charge on any atom is -0.490 e. The summed E-state index contributed by atoms with van der Waals surface area (Å²) in [5.41, 5.74) is 11.5. The maximum atomic E-state index is 13.3. The molecule has 2 aliphatic carbocycles. The van der Waals surface area contributed by atoms with Crippen molar-refractivity contribution >= 4 is 84.2 Å². The van der Waals surface area contributed by atoms with Crippen molar-refractivity contribution in [2.75, 3.05) is 51.4 Å². The number of carbonyl (C=O) groups excluding carboxylic acids is 2. The van der Waals surface area contributed by atoms with Gasteiger partial charge in [-0.3, -0.25) is 14.6 Å². The average Bonchev–Trinajstić information content (AvgIpc) is 3.98. The van der Waals surface area contributed by atoms with Crippen LogP contribution in [-0.4, -0.2) is 112 Å². The lowest BCUT2D eigenvalue weighted by Crippen LogP contribution is -2.50. The summed E-state index contributed by atoms with van der Waals surface area (Å²) in [6.45, 7) is 11.0. The molecule has 0 radical (unpaired) electrons. The number of halogens is 1. The Hall–Kier alpha value is -4.32. The normalized spacial score (nSPS) is 22.8. The van der Waals surface area contributed by atoms with Crippen molar-refractivity contribution in [2.45, 2.75) is 84.0 Å². The molecule has 7 heterocycles. The van der Waals surface area contributed by atoms with E-state index >= 15 is 0 Å². The molecule has 60 heavy (non-hydrogen) atoms. The van der Waals surface area contributed by atoms with Crippen LogP contribution in [0.5, 0.6) is 5.75 Å². The Bertz CT molecular complexity index is 2460. The van der Waals surface area contributed by atoms with E-state index in [1.165, 1.54) is 27.2 Å². The highest BCUT2D eigenvalue weighted by Crippen LogP contribution is 2.43. The van der Waals surface area contributed by atoms with Gasteiger partial charge >= 0.3 is 0 Å². The number of aliphatic imine (C=N–C) groups is 1. The number of hydrogen-bond acceptors (Lipinski definition) is 14. The van der Waals surface area contributed by atoms with Gasteiger partial charge in [-0.05, 0) is 93.7 Å². The van der Waals surface area contributed by atoms with Crippen LogP contribution in [0.25, 0.3) is 20.4 Å². The standard InChI is InChI=1S/C27H32N6O3S.C16H18ClN3O2S/c1-15(28)12-36-22-8-19-11-29-10-18(19)7-21(22)32-25-24-20-4-3-17(9-23(20)37-26(24)31-14-30-25)27(34)33-5-6-35-13-16(33)2;1-9-7-22-5-4-20(9)16(21)10-2-3-11-12(6-10)23-15-13(11)14(17)18-8-19-15/h7-8,10,14-17H,3-6,9,11-13,28H2,1-2H3,(H,30,31,32);8-10H,2-7H2,1H3/t15-,16+,17-;9-,10+/m01/s1. The van der Waals surface area contributed by atoms with E-state index in [4.69, 9.17) is 31.5 Å². The molecule has 0 saturated carbocycles. The van der Waals surface area contributed by atoms with Gasteiger partial charge in [0.15, 0.2) is 0 Å². The second kappa shape index (κ2) is 17.6. The minimum atomic E-state index is -0.0805. The Labute approximate surface area is 361 Å². The third-order valence-electron chi connectivity index (χ3n) is 12.1. The monoisotopic (exact) mass is 871 g/mol. The van der Waals surface area contributed by atoms with E-state index in [9.17, 15) is 9.59 Å². The van der Waals surface area contributed by atoms with Crippen LogP contribution in [0.4, 0.5) is 11.5 Å². The van der Waals surface area contributed by atoms with Crippen LogP contribution in [0.3, 0.4) is 0 Å². The number of thiophene rings is 2. The maximum Gasteiger partial charge on any atom is 0.226 e. The van der Waals surface area contributed by atoms with E-state index in [0.717, 1.165) is 87.3 Å². The van der Waals surface area contributed by atoms with Crippen LogP contribution < -0.4 is 15.8 Å². The van der Waals surface area contributed by atoms with Gasteiger partial charge in [0.25, 0.3) is 0 Å². The van der Waals surface area contributed by atoms with Gasteiger partial charge in [-0.2, -0.15) is 0 Å². The second-order valence-corrected chi connectivity index (χ2v) is 19.0. The number of nitrogens with one attached hydrogen (secondary N) is 1. The van der Waals surface area contributed by atoms with Crippen LogP contribution in [0.1, 0.15) is 65.6 Å². The highest BCUT2D eigenvalue weighted by atomic mass is 35.5. The van der Waals surface area contributed by atoms with Crippen molar-refractivity contribution in [3.8, 4) is 5.75 Å². The first-order chi connectivity index (χ1) is 29.1. The number of carbonyl (C=O) groups is 2. The topological polar surface area (TPSA) is 170 Å². The summed E-state index contributed by atoms with van der Waals surface area (Å²) in [4.78, 5) is 56.6. The molecule has 5 aliphatic rings. The zero-order valence-corrected chi connectivity index (χ0v) is 36.5. The molecule has 2 fully saturated rings. The molecule has 14 nitrogen and oxygen atoms in total. The predicted octanol–water partition coefficient (Wildman–Crippen LogP) is 6.14. The smallest absolute Gasteiger partial charge is 0.226 e. The van der Waals surface area contributed by atoms with Crippen molar-refractivity contribution in [1.82, 2.24) is 29.7 Å². The van der Waals surface area contributed by atoms with Crippen LogP contribution in [0.2, 0.25) is 5.15 Å². The fourth-order valence-electron chi connectivity index (χ4n) is 8.98. The number of fused-ring (bicyclic) bond motifs is 7. The summed E-state index contributed by atoms with van der Waals surface area (Å²) in [7, 11) is 0. The molecule has 3 aliphatic heterocycles. The van der Waals surface area contributed by atoms with Gasteiger partial charge in [0.2, 0.25) is 11.8 Å². The van der Waals surface area contributed by atoms with Gasteiger partial charge in [-0.25, -0.2) is 19.9 Å². The quantitative estimate of drug-likeness (QED) is 0.180. The number of rotatable bonds is 7. The zero-order chi connectivity index (χ0) is 41.5. The molecule has 10 rings (SSSR count). The Morgan fingerprint density at radius 2 is 1.50 bits per heavy atom. The first kappa shape index (κ1) is 41.1. The Morgan fingerprint density at radius 1 is 0.900 bits per heavy atom. The predicted molar refractivity (Wildman–Crippen MR) is 235 cm³/mol. The molecule has 316 valence electrons. The Kier molecular flexibility index (Phi) is 12.0. The van der Waals surface area contributed by atoms with Crippen molar-refractivity contribution in [2.24, 2.45) is 22.6 Å². The number of morpholine rings is 2. The fraction of sp³-hybridized carbons (Fsp3) is 0.512. The van der Waals surface area contributed by atoms with Gasteiger partial charge < -0.3 is 35.1 Å². The number of nitrogens with zero attached hydrogens (tertiary/aromatic N) is 7. The Balaban J connectivity index is 0.000000172. The van der Waals surface area contributed by atoms with Crippen molar-refractivity contribution < 1.29 is 23.8 Å². The second-order valence-electron chi connectivity index (χ2n) is 16.5. The molecule has 0 unspecified atom stereocenters. The van der Waals surface area contributed by atoms with E-state index in [1.54, 1.807) is 29.0 Å². The van der Waals surface area contributed by atoms with Gasteiger partial charge in [0.1, 0.15) is 45.6 Å². The number of hydrogen-bond donors (Lipinski definition) is 2. The van der Waals surface area contributed by atoms with E-state index in [0.29, 0.717) is 57.8 Å². The number of ether oxygens (including phenoxy) is 3. The SMILES string of the molecule is C[C@@H]1COCCN1C(=O)[C@H]1CCc2c(sc3ncnc(Cl)c23)C1.C[C@H](N)COc1cc2c(cc1Nc1ncnc3sc4c(c13)CC[C@H](C(=O)N1CCOC[C@H]1C)C4)C=NC2. The van der Waals surface area contributed by atoms with Crippen molar-refractivity contribution in [3.05, 3.63) is 61.9 Å². The molecule has 5 atom stereocenters. The zero-order valence-electron chi connectivity index (χ0n) is 34.1. The van der Waals surface area contributed by atoms with E-state index < -0.39 is 0 Å². The Morgan fingerprint density at radius 3 is 2.12 bits per heavy atom. The van der Waals surface area contributed by atoms with E-state index in [1.807, 2.05) is 29.0 Å². The lowest BCUT2D eigenvalue weighted by atomic mass is 9.86. The van der Waals surface area contributed by atoms with Crippen LogP contribution in [0.15, 0.2) is 29.8 Å². The summed E-state index contributed by atoms with van der Waals surface area (Å²) in [5.74, 6) is 2.07. The van der Waals surface area contributed by atoms with E-state index in [-0.39, 0.29) is 41.8 Å². The third kappa shape index (κ3) is 8.21. The fourth-order valence-corrected chi connectivity index (χ4v) is 11.8. The molecule has 17 heteroatoms. The molecular weight excluding hydrogens is 822 g/mol. The molecule has 0 spiro atoms. The molecule has 2 saturated heterocycles. The van der Waals surface area contributed by atoms with Crippen LogP contribution in [-0.2, 0) is 51.3 Å². The molecule has 0 bridgehead atoms. The molecule has 1 aromatic carbocycles. The van der Waals surface area contributed by atoms with Gasteiger partial charge in [-0.15, -0.1) is 22.7 Å². The van der Waals surface area contributed by atoms with Crippen molar-refractivity contribution in [1.29, 1.82) is 0 Å². The highest BCUT2D eigenvalue weighted by Gasteiger charge is 2.36. The van der Waals surface area contributed by atoms with Gasteiger partial charge in [0, 0.05) is 46.9 Å². The maximum absolute atomic E-state index is 13.3. The number of benzene rings is 1. The number of nitrogens with two attached hydrogens (primary N) is 1. The van der Waals surface area contributed by atoms with Crippen LogP contribution >= 0.6 is 34.3 Å². The summed E-state index contributed by atoms with van der Waals surface area (Å²) in [6, 6.07) is 4.32. The molecular formula is C43H50ClN9O5S2. The van der Waals surface area contributed by atoms with E-state index in [2.05, 4.69) is 50.2 Å². The number of anilines is 2. The van der Waals surface area contributed by atoms with Gasteiger partial charge in [0.05, 0.1) is 61.5 Å². The number of aromatic nitrogens is 4. The highest BCUT2D eigenvalue weighted by molar-refractivity contribution is 7.19. The largest absolute Gasteiger partial charge is 0.490 e. The van der Waals surface area contributed by atoms with Crippen LogP contribution in [0, 0.1) is 11.8 Å².